The molecule has 1 unspecified atom stereocenters. The Morgan fingerprint density at radius 1 is 0.938 bits per heavy atom. The predicted molar refractivity (Wildman–Crippen MR) is 75.5 cm³/mol. The highest BCUT2D eigenvalue weighted by Crippen LogP contribution is 2.50. The Balaban J connectivity index is 2.23. The van der Waals surface area contributed by atoms with Crippen molar-refractivity contribution < 1.29 is 0 Å². The van der Waals surface area contributed by atoms with Crippen LogP contribution < -0.4 is 0 Å². The molecule has 1 atom stereocenters. The third kappa shape index (κ3) is 1.66. The second kappa shape index (κ2) is 4.21. The lowest BCUT2D eigenvalue weighted by Gasteiger charge is -2.24. The van der Waals surface area contributed by atoms with E-state index in [9.17, 15) is 0 Å². The maximum absolute atomic E-state index is 3.79. The van der Waals surface area contributed by atoms with Crippen molar-refractivity contribution in [1.29, 1.82) is 0 Å². The normalized spacial score (nSPS) is 17.8. The Morgan fingerprint density at radius 3 is 2.56 bits per heavy atom. The topological polar surface area (TPSA) is 0 Å². The molecule has 0 saturated heterocycles. The summed E-state index contributed by atoms with van der Waals surface area (Å²) in [6.45, 7) is 0. The average Bonchev–Trinajstić information content (AvgIpc) is 2.29. The van der Waals surface area contributed by atoms with Crippen LogP contribution in [-0.2, 0) is 0 Å². The van der Waals surface area contributed by atoms with Crippen molar-refractivity contribution in [1.82, 2.24) is 0 Å². The molecule has 0 aliphatic carbocycles. The quantitative estimate of drug-likeness (QED) is 0.570. The van der Waals surface area contributed by atoms with Crippen LogP contribution in [0, 0.1) is 0 Å². The van der Waals surface area contributed by atoms with Gasteiger partial charge in [-0.1, -0.05) is 67.9 Å². The first-order chi connectivity index (χ1) is 7.77. The monoisotopic (exact) mass is 354 g/mol. The summed E-state index contributed by atoms with van der Waals surface area (Å²) in [5.41, 5.74) is 2.69. The van der Waals surface area contributed by atoms with E-state index < -0.39 is 0 Å². The van der Waals surface area contributed by atoms with Crippen LogP contribution in [0.5, 0.6) is 0 Å². The van der Waals surface area contributed by atoms with Gasteiger partial charge in [-0.25, -0.2) is 0 Å². The summed E-state index contributed by atoms with van der Waals surface area (Å²) in [5, 5.41) is 0. The fourth-order valence-corrected chi connectivity index (χ4v) is 5.31. The standard InChI is InChI=1S/C13H8Br2S/c14-9-5-3-7-11-12(9)13(15)8-4-1-2-6-10(8)16-11/h1-7,13H. The number of hydrogen-bond donors (Lipinski definition) is 0. The lowest BCUT2D eigenvalue weighted by atomic mass is 10.0. The molecule has 0 saturated carbocycles. The van der Waals surface area contributed by atoms with E-state index in [1.54, 1.807) is 0 Å². The first-order valence-electron chi connectivity index (χ1n) is 4.96. The highest BCUT2D eigenvalue weighted by Gasteiger charge is 2.25. The highest BCUT2D eigenvalue weighted by molar-refractivity contribution is 9.11. The third-order valence-corrected chi connectivity index (χ3v) is 5.49. The summed E-state index contributed by atoms with van der Waals surface area (Å²) in [6.07, 6.45) is 0. The van der Waals surface area contributed by atoms with Gasteiger partial charge in [0.1, 0.15) is 0 Å². The van der Waals surface area contributed by atoms with Crippen molar-refractivity contribution >= 4 is 43.6 Å². The molecule has 0 fully saturated rings. The molecule has 1 aliphatic rings. The first kappa shape index (κ1) is 10.9. The predicted octanol–water partition coefficient (Wildman–Crippen LogP) is 5.40. The van der Waals surface area contributed by atoms with Gasteiger partial charge in [0.05, 0.1) is 4.83 Å². The van der Waals surface area contributed by atoms with Crippen LogP contribution in [-0.4, -0.2) is 0 Å². The van der Waals surface area contributed by atoms with Crippen molar-refractivity contribution in [2.75, 3.05) is 0 Å². The molecule has 80 valence electrons. The Hall–Kier alpha value is -0.250. The highest BCUT2D eigenvalue weighted by atomic mass is 79.9. The van der Waals surface area contributed by atoms with E-state index in [0.717, 1.165) is 0 Å². The molecule has 0 bridgehead atoms. The van der Waals surface area contributed by atoms with E-state index in [2.05, 4.69) is 74.3 Å². The van der Waals surface area contributed by atoms with Gasteiger partial charge < -0.3 is 0 Å². The van der Waals surface area contributed by atoms with Gasteiger partial charge in [0.2, 0.25) is 0 Å². The Labute approximate surface area is 116 Å². The van der Waals surface area contributed by atoms with Crippen LogP contribution in [0.1, 0.15) is 16.0 Å². The smallest absolute Gasteiger partial charge is 0.0677 e. The third-order valence-electron chi connectivity index (χ3n) is 2.68. The van der Waals surface area contributed by atoms with Crippen molar-refractivity contribution in [3.63, 3.8) is 0 Å². The second-order valence-corrected chi connectivity index (χ2v) is 6.51. The SMILES string of the molecule is Brc1cccc2c1C(Br)c1ccccc1S2. The van der Waals surface area contributed by atoms with Crippen LogP contribution in [0.3, 0.4) is 0 Å². The Kier molecular flexibility index (Phi) is 2.86. The molecular formula is C13H8Br2S. The molecular weight excluding hydrogens is 348 g/mol. The number of benzene rings is 2. The molecule has 0 spiro atoms. The van der Waals surface area contributed by atoms with Crippen LogP contribution >= 0.6 is 43.6 Å². The van der Waals surface area contributed by atoms with Gasteiger partial charge in [0, 0.05) is 14.3 Å². The van der Waals surface area contributed by atoms with Gasteiger partial charge in [0.15, 0.2) is 0 Å². The molecule has 16 heavy (non-hydrogen) atoms. The lowest BCUT2D eigenvalue weighted by molar-refractivity contribution is 1.03. The van der Waals surface area contributed by atoms with E-state index in [-0.39, 0.29) is 4.83 Å². The molecule has 0 radical (unpaired) electrons. The van der Waals surface area contributed by atoms with E-state index in [1.165, 1.54) is 25.4 Å². The van der Waals surface area contributed by atoms with Crippen molar-refractivity contribution in [3.8, 4) is 0 Å². The van der Waals surface area contributed by atoms with Gasteiger partial charge in [0.25, 0.3) is 0 Å². The first-order valence-corrected chi connectivity index (χ1v) is 7.49. The molecule has 2 aromatic carbocycles. The van der Waals surface area contributed by atoms with Crippen molar-refractivity contribution in [2.45, 2.75) is 14.6 Å². The lowest BCUT2D eigenvalue weighted by Crippen LogP contribution is -2.03. The maximum Gasteiger partial charge on any atom is 0.0677 e. The number of hydrogen-bond acceptors (Lipinski definition) is 1. The minimum atomic E-state index is 0.288. The van der Waals surface area contributed by atoms with E-state index in [4.69, 9.17) is 0 Å². The molecule has 1 heterocycles. The molecule has 3 heteroatoms. The summed E-state index contributed by atoms with van der Waals surface area (Å²) in [6, 6.07) is 14.9. The van der Waals surface area contributed by atoms with Crippen molar-refractivity contribution in [3.05, 3.63) is 58.1 Å². The second-order valence-electron chi connectivity index (χ2n) is 3.65. The minimum Gasteiger partial charge on any atom is -0.0894 e. The van der Waals surface area contributed by atoms with Gasteiger partial charge in [-0.15, -0.1) is 0 Å². The van der Waals surface area contributed by atoms with Crippen molar-refractivity contribution in [2.24, 2.45) is 0 Å². The Bertz CT molecular complexity index is 551. The largest absolute Gasteiger partial charge is 0.0894 e. The van der Waals surface area contributed by atoms with Crippen LogP contribution in [0.15, 0.2) is 56.7 Å². The molecule has 3 rings (SSSR count). The van der Waals surface area contributed by atoms with E-state index >= 15 is 0 Å². The van der Waals surface area contributed by atoms with Gasteiger partial charge in [-0.2, -0.15) is 0 Å². The number of rotatable bonds is 0. The molecule has 2 aromatic rings. The van der Waals surface area contributed by atoms with Gasteiger partial charge >= 0.3 is 0 Å². The summed E-state index contributed by atoms with van der Waals surface area (Å²) >= 11 is 9.26. The fraction of sp³-hybridized carbons (Fsp3) is 0.0769. The van der Waals surface area contributed by atoms with Crippen LogP contribution in [0.2, 0.25) is 0 Å². The van der Waals surface area contributed by atoms with E-state index in [1.807, 2.05) is 11.8 Å². The number of halogens is 2. The number of alkyl halides is 1. The summed E-state index contributed by atoms with van der Waals surface area (Å²) in [5.74, 6) is 0. The maximum atomic E-state index is 3.79. The molecule has 0 aromatic heterocycles. The summed E-state index contributed by atoms with van der Waals surface area (Å²) in [7, 11) is 0. The fourth-order valence-electron chi connectivity index (χ4n) is 1.91. The zero-order valence-electron chi connectivity index (χ0n) is 8.28. The number of fused-ring (bicyclic) bond motifs is 2. The summed E-state index contributed by atoms with van der Waals surface area (Å²) in [4.78, 5) is 2.96. The van der Waals surface area contributed by atoms with Gasteiger partial charge in [-0.3, -0.25) is 0 Å². The van der Waals surface area contributed by atoms with Crippen LogP contribution in [0.25, 0.3) is 0 Å². The summed E-state index contributed by atoms with van der Waals surface area (Å²) < 4.78 is 1.17. The molecule has 0 nitrogen and oxygen atoms in total. The zero-order valence-corrected chi connectivity index (χ0v) is 12.3. The van der Waals surface area contributed by atoms with Gasteiger partial charge in [-0.05, 0) is 29.3 Å². The average molecular weight is 356 g/mol. The van der Waals surface area contributed by atoms with E-state index in [0.29, 0.717) is 0 Å². The zero-order chi connectivity index (χ0) is 11.1. The molecule has 0 amide bonds. The molecule has 1 aliphatic heterocycles. The minimum absolute atomic E-state index is 0.288. The molecule has 0 N–H and O–H groups in total. The van der Waals surface area contributed by atoms with Crippen LogP contribution in [0.4, 0.5) is 0 Å². The Morgan fingerprint density at radius 2 is 1.69 bits per heavy atom.